The molecule has 0 aliphatic heterocycles. The maximum absolute atomic E-state index is 11.7. The first-order chi connectivity index (χ1) is 7.69. The maximum atomic E-state index is 11.7. The molecule has 0 saturated heterocycles. The molecule has 3 nitrogen and oxygen atoms in total. The third-order valence-corrected chi connectivity index (χ3v) is 3.43. The van der Waals surface area contributed by atoms with Crippen molar-refractivity contribution < 1.29 is 9.53 Å². The van der Waals surface area contributed by atoms with E-state index in [2.05, 4.69) is 19.2 Å². The van der Waals surface area contributed by atoms with E-state index in [0.717, 1.165) is 12.8 Å². The number of esters is 1. The Morgan fingerprint density at radius 2 is 2.19 bits per heavy atom. The molecule has 0 radical (unpaired) electrons. The predicted octanol–water partition coefficient (Wildman–Crippen LogP) is 2.50. The summed E-state index contributed by atoms with van der Waals surface area (Å²) in [6, 6.07) is 0.399. The fourth-order valence-corrected chi connectivity index (χ4v) is 2.45. The van der Waals surface area contributed by atoms with Crippen molar-refractivity contribution in [1.29, 1.82) is 0 Å². The van der Waals surface area contributed by atoms with Crippen LogP contribution in [0.5, 0.6) is 0 Å². The van der Waals surface area contributed by atoms with E-state index in [4.69, 9.17) is 4.74 Å². The minimum atomic E-state index is -0.101. The molecule has 0 aromatic carbocycles. The zero-order valence-corrected chi connectivity index (χ0v) is 10.8. The Bertz CT molecular complexity index is 218. The molecule has 1 N–H and O–H groups in total. The third kappa shape index (κ3) is 3.78. The number of rotatable bonds is 6. The number of carbonyl (C=O) groups is 1. The van der Waals surface area contributed by atoms with Gasteiger partial charge in [0.2, 0.25) is 0 Å². The molecule has 1 aliphatic rings. The van der Waals surface area contributed by atoms with Gasteiger partial charge in [0.25, 0.3) is 0 Å². The van der Waals surface area contributed by atoms with Crippen molar-refractivity contribution >= 4 is 5.97 Å². The lowest BCUT2D eigenvalue weighted by Gasteiger charge is -2.24. The van der Waals surface area contributed by atoms with E-state index in [9.17, 15) is 4.79 Å². The number of carbonyl (C=O) groups excluding carboxylic acids is 1. The Hall–Kier alpha value is -0.570. The first-order valence-corrected chi connectivity index (χ1v) is 6.61. The van der Waals surface area contributed by atoms with Gasteiger partial charge in [0.15, 0.2) is 0 Å². The molecule has 1 saturated carbocycles. The highest BCUT2D eigenvalue weighted by Gasteiger charge is 2.28. The van der Waals surface area contributed by atoms with Crippen LogP contribution in [0.3, 0.4) is 0 Å². The summed E-state index contributed by atoms with van der Waals surface area (Å²) in [4.78, 5) is 11.7. The van der Waals surface area contributed by atoms with Gasteiger partial charge in [0.05, 0.1) is 6.61 Å². The van der Waals surface area contributed by atoms with Crippen LogP contribution in [0.15, 0.2) is 0 Å². The van der Waals surface area contributed by atoms with E-state index in [1.807, 2.05) is 6.92 Å². The molecule has 3 atom stereocenters. The minimum absolute atomic E-state index is 0.0801. The zero-order chi connectivity index (χ0) is 12.0. The Balaban J connectivity index is 2.46. The van der Waals surface area contributed by atoms with Gasteiger partial charge < -0.3 is 10.1 Å². The summed E-state index contributed by atoms with van der Waals surface area (Å²) in [5, 5.41) is 3.48. The molecule has 1 rings (SSSR count). The lowest BCUT2D eigenvalue weighted by molar-refractivity contribution is -0.146. The lowest BCUT2D eigenvalue weighted by atomic mass is 10.0. The summed E-state index contributed by atoms with van der Waals surface area (Å²) in [5.41, 5.74) is 0. The maximum Gasteiger partial charge on any atom is 0.323 e. The molecule has 94 valence electrons. The van der Waals surface area contributed by atoms with Gasteiger partial charge in [-0.25, -0.2) is 0 Å². The second-order valence-electron chi connectivity index (χ2n) is 4.77. The summed E-state index contributed by atoms with van der Waals surface area (Å²) in [6.07, 6.45) is 5.64. The predicted molar refractivity (Wildman–Crippen MR) is 65.3 cm³/mol. The van der Waals surface area contributed by atoms with Crippen LogP contribution in [0, 0.1) is 5.92 Å². The highest BCUT2D eigenvalue weighted by Crippen LogP contribution is 2.25. The Kier molecular flexibility index (Phi) is 5.81. The van der Waals surface area contributed by atoms with E-state index >= 15 is 0 Å². The van der Waals surface area contributed by atoms with Gasteiger partial charge in [-0.05, 0) is 32.1 Å². The van der Waals surface area contributed by atoms with Gasteiger partial charge in [-0.3, -0.25) is 4.79 Å². The van der Waals surface area contributed by atoms with E-state index in [1.165, 1.54) is 19.3 Å². The van der Waals surface area contributed by atoms with Crippen molar-refractivity contribution in [3.8, 4) is 0 Å². The van der Waals surface area contributed by atoms with Gasteiger partial charge in [-0.1, -0.05) is 26.7 Å². The quantitative estimate of drug-likeness (QED) is 0.708. The standard InChI is InChI=1S/C13H25NO2/c1-4-7-12(13(15)16-5-2)14-11-9-6-8-10(11)3/h10-12,14H,4-9H2,1-3H3. The molecule has 16 heavy (non-hydrogen) atoms. The topological polar surface area (TPSA) is 38.3 Å². The molecule has 0 amide bonds. The molecular formula is C13H25NO2. The zero-order valence-electron chi connectivity index (χ0n) is 10.8. The average molecular weight is 227 g/mol. The molecule has 3 unspecified atom stereocenters. The van der Waals surface area contributed by atoms with Crippen molar-refractivity contribution in [2.45, 2.75) is 65.0 Å². The van der Waals surface area contributed by atoms with Gasteiger partial charge >= 0.3 is 5.97 Å². The second-order valence-corrected chi connectivity index (χ2v) is 4.77. The van der Waals surface area contributed by atoms with Crippen LogP contribution in [0.25, 0.3) is 0 Å². The number of hydrogen-bond acceptors (Lipinski definition) is 3. The van der Waals surface area contributed by atoms with Gasteiger partial charge in [-0.15, -0.1) is 0 Å². The Morgan fingerprint density at radius 3 is 2.69 bits per heavy atom. The highest BCUT2D eigenvalue weighted by molar-refractivity contribution is 5.75. The van der Waals surface area contributed by atoms with Gasteiger partial charge in [0, 0.05) is 6.04 Å². The molecule has 0 bridgehead atoms. The number of hydrogen-bond donors (Lipinski definition) is 1. The van der Waals surface area contributed by atoms with Crippen LogP contribution in [0.1, 0.15) is 52.9 Å². The van der Waals surface area contributed by atoms with E-state index in [1.54, 1.807) is 0 Å². The summed E-state index contributed by atoms with van der Waals surface area (Å²) in [6.45, 7) is 6.70. The van der Waals surface area contributed by atoms with E-state index < -0.39 is 0 Å². The molecule has 0 aromatic heterocycles. The van der Waals surface area contributed by atoms with Crippen molar-refractivity contribution in [3.63, 3.8) is 0 Å². The van der Waals surface area contributed by atoms with Gasteiger partial charge in [-0.2, -0.15) is 0 Å². The van der Waals surface area contributed by atoms with Crippen LogP contribution in [-0.2, 0) is 9.53 Å². The van der Waals surface area contributed by atoms with Crippen molar-refractivity contribution in [1.82, 2.24) is 5.32 Å². The van der Waals surface area contributed by atoms with Crippen molar-refractivity contribution in [2.75, 3.05) is 6.61 Å². The van der Waals surface area contributed by atoms with Crippen LogP contribution in [0.4, 0.5) is 0 Å². The van der Waals surface area contributed by atoms with Crippen LogP contribution >= 0.6 is 0 Å². The fraction of sp³-hybridized carbons (Fsp3) is 0.923. The average Bonchev–Trinajstić information content (AvgIpc) is 2.64. The number of nitrogens with one attached hydrogen (secondary N) is 1. The second kappa shape index (κ2) is 6.89. The summed E-state index contributed by atoms with van der Waals surface area (Å²) < 4.78 is 5.10. The number of ether oxygens (including phenoxy) is 1. The monoisotopic (exact) mass is 227 g/mol. The fourth-order valence-electron chi connectivity index (χ4n) is 2.45. The molecule has 0 aromatic rings. The molecule has 1 fully saturated rings. The molecule has 3 heteroatoms. The normalized spacial score (nSPS) is 26.7. The van der Waals surface area contributed by atoms with E-state index in [0.29, 0.717) is 18.6 Å². The SMILES string of the molecule is CCCC(NC1CCCC1C)C(=O)OCC. The largest absolute Gasteiger partial charge is 0.465 e. The third-order valence-electron chi connectivity index (χ3n) is 3.43. The summed E-state index contributed by atoms with van der Waals surface area (Å²) in [7, 11) is 0. The van der Waals surface area contributed by atoms with Crippen molar-refractivity contribution in [3.05, 3.63) is 0 Å². The first-order valence-electron chi connectivity index (χ1n) is 6.61. The summed E-state index contributed by atoms with van der Waals surface area (Å²) in [5.74, 6) is 0.609. The molecule has 0 heterocycles. The van der Waals surface area contributed by atoms with E-state index in [-0.39, 0.29) is 12.0 Å². The molecular weight excluding hydrogens is 202 g/mol. The lowest BCUT2D eigenvalue weighted by Crippen LogP contribution is -2.45. The minimum Gasteiger partial charge on any atom is -0.465 e. The first kappa shape index (κ1) is 13.5. The smallest absolute Gasteiger partial charge is 0.323 e. The van der Waals surface area contributed by atoms with Crippen LogP contribution in [-0.4, -0.2) is 24.7 Å². The molecule has 1 aliphatic carbocycles. The Morgan fingerprint density at radius 1 is 1.44 bits per heavy atom. The van der Waals surface area contributed by atoms with Gasteiger partial charge in [0.1, 0.15) is 6.04 Å². The highest BCUT2D eigenvalue weighted by atomic mass is 16.5. The summed E-state index contributed by atoms with van der Waals surface area (Å²) >= 11 is 0. The van der Waals surface area contributed by atoms with Crippen molar-refractivity contribution in [2.24, 2.45) is 5.92 Å². The van der Waals surface area contributed by atoms with Crippen LogP contribution < -0.4 is 5.32 Å². The Labute approximate surface area is 98.9 Å². The molecule has 0 spiro atoms. The van der Waals surface area contributed by atoms with Crippen LogP contribution in [0.2, 0.25) is 0 Å².